The van der Waals surface area contributed by atoms with Gasteiger partial charge in [0.1, 0.15) is 0 Å². The first-order valence-electron chi connectivity index (χ1n) is 5.51. The minimum Gasteiger partial charge on any atom is -0.348 e. The maximum Gasteiger partial charge on any atom is 0.0536 e. The molecule has 0 spiro atoms. The Hall–Kier alpha value is -0.980. The Kier molecular flexibility index (Phi) is 6.91. The zero-order valence-electron chi connectivity index (χ0n) is 10.1. The number of rotatable bonds is 2. The van der Waals surface area contributed by atoms with E-state index in [2.05, 4.69) is 55.5 Å². The number of allylic oxidation sites excluding steroid dienone is 3. The van der Waals surface area contributed by atoms with E-state index in [4.69, 9.17) is 0 Å². The van der Waals surface area contributed by atoms with Gasteiger partial charge < -0.3 is 4.90 Å². The van der Waals surface area contributed by atoms with Gasteiger partial charge >= 0.3 is 0 Å². The van der Waals surface area contributed by atoms with Crippen LogP contribution in [0.5, 0.6) is 0 Å². The first-order valence-corrected chi connectivity index (χ1v) is 5.51. The van der Waals surface area contributed by atoms with Crippen molar-refractivity contribution in [1.29, 1.82) is 0 Å². The quantitative estimate of drug-likeness (QED) is 0.641. The molecular weight excluding hydrogens is 170 g/mol. The Balaban J connectivity index is 0.000000791. The van der Waals surface area contributed by atoms with Gasteiger partial charge in [-0.1, -0.05) is 45.9 Å². The molecule has 0 fully saturated rings. The van der Waals surface area contributed by atoms with Crippen LogP contribution in [0.15, 0.2) is 36.7 Å². The lowest BCUT2D eigenvalue weighted by atomic mass is 10.0. The highest BCUT2D eigenvalue weighted by molar-refractivity contribution is 5.16. The van der Waals surface area contributed by atoms with Gasteiger partial charge in [0, 0.05) is 6.20 Å². The normalized spacial score (nSPS) is 20.1. The van der Waals surface area contributed by atoms with E-state index in [9.17, 15) is 0 Å². The molecule has 0 saturated heterocycles. The van der Waals surface area contributed by atoms with Crippen molar-refractivity contribution in [2.45, 2.75) is 40.7 Å². The second-order valence-electron chi connectivity index (χ2n) is 3.39. The van der Waals surface area contributed by atoms with Crippen molar-refractivity contribution in [2.24, 2.45) is 5.92 Å². The molecule has 1 atom stereocenters. The molecule has 80 valence electrons. The lowest BCUT2D eigenvalue weighted by molar-refractivity contribution is 0.337. The summed E-state index contributed by atoms with van der Waals surface area (Å²) < 4.78 is 0. The van der Waals surface area contributed by atoms with E-state index in [1.807, 2.05) is 20.8 Å². The Morgan fingerprint density at radius 3 is 2.36 bits per heavy atom. The van der Waals surface area contributed by atoms with E-state index in [0.29, 0.717) is 12.0 Å². The predicted octanol–water partition coefficient (Wildman–Crippen LogP) is 3.96. The second kappa shape index (κ2) is 7.43. The third-order valence-electron chi connectivity index (χ3n) is 2.03. The highest BCUT2D eigenvalue weighted by Crippen LogP contribution is 2.16. The molecule has 1 heterocycles. The van der Waals surface area contributed by atoms with Gasteiger partial charge in [0.15, 0.2) is 0 Å². The van der Waals surface area contributed by atoms with Crippen LogP contribution in [0.2, 0.25) is 0 Å². The molecule has 1 aliphatic rings. The SMILES string of the molecule is C/C=C\N1C=CC=CC1C(C)C.CC. The third-order valence-corrected chi connectivity index (χ3v) is 2.03. The van der Waals surface area contributed by atoms with Gasteiger partial charge in [0.25, 0.3) is 0 Å². The van der Waals surface area contributed by atoms with Crippen molar-refractivity contribution >= 4 is 0 Å². The second-order valence-corrected chi connectivity index (χ2v) is 3.39. The van der Waals surface area contributed by atoms with Crippen molar-refractivity contribution in [3.63, 3.8) is 0 Å². The molecular formula is C13H23N. The first kappa shape index (κ1) is 13.0. The molecule has 0 saturated carbocycles. The van der Waals surface area contributed by atoms with Gasteiger partial charge in [-0.3, -0.25) is 0 Å². The monoisotopic (exact) mass is 193 g/mol. The van der Waals surface area contributed by atoms with E-state index in [0.717, 1.165) is 0 Å². The van der Waals surface area contributed by atoms with Crippen LogP contribution in [0.4, 0.5) is 0 Å². The van der Waals surface area contributed by atoms with E-state index in [1.54, 1.807) is 0 Å². The Bertz CT molecular complexity index is 211. The maximum atomic E-state index is 2.24. The van der Waals surface area contributed by atoms with Gasteiger partial charge in [-0.15, -0.1) is 0 Å². The molecule has 1 nitrogen and oxygen atoms in total. The van der Waals surface area contributed by atoms with E-state index in [1.165, 1.54) is 0 Å². The summed E-state index contributed by atoms with van der Waals surface area (Å²) in [6.45, 7) is 10.5. The largest absolute Gasteiger partial charge is 0.348 e. The van der Waals surface area contributed by atoms with Crippen LogP contribution >= 0.6 is 0 Å². The van der Waals surface area contributed by atoms with Crippen LogP contribution < -0.4 is 0 Å². The lowest BCUT2D eigenvalue weighted by Gasteiger charge is -2.30. The summed E-state index contributed by atoms with van der Waals surface area (Å²) in [5.41, 5.74) is 0. The average Bonchev–Trinajstić information content (AvgIpc) is 2.22. The molecule has 0 bridgehead atoms. The maximum absolute atomic E-state index is 2.24. The van der Waals surface area contributed by atoms with E-state index < -0.39 is 0 Å². The number of hydrogen-bond donors (Lipinski definition) is 0. The molecule has 0 aromatic carbocycles. The van der Waals surface area contributed by atoms with Crippen molar-refractivity contribution < 1.29 is 0 Å². The molecule has 0 aromatic rings. The summed E-state index contributed by atoms with van der Waals surface area (Å²) in [6, 6.07) is 0.520. The van der Waals surface area contributed by atoms with E-state index in [-0.39, 0.29) is 0 Å². The summed E-state index contributed by atoms with van der Waals surface area (Å²) in [7, 11) is 0. The van der Waals surface area contributed by atoms with Gasteiger partial charge in [-0.2, -0.15) is 0 Å². The fourth-order valence-corrected chi connectivity index (χ4v) is 1.41. The molecule has 0 aromatic heterocycles. The number of nitrogens with zero attached hydrogens (tertiary/aromatic N) is 1. The zero-order chi connectivity index (χ0) is 11.0. The minimum absolute atomic E-state index is 0.520. The van der Waals surface area contributed by atoms with Gasteiger partial charge in [-0.05, 0) is 25.1 Å². The van der Waals surface area contributed by atoms with Gasteiger partial charge in [0.05, 0.1) is 6.04 Å². The molecule has 14 heavy (non-hydrogen) atoms. The van der Waals surface area contributed by atoms with Gasteiger partial charge in [0.2, 0.25) is 0 Å². The van der Waals surface area contributed by atoms with Crippen LogP contribution in [0.25, 0.3) is 0 Å². The Labute approximate surface area is 88.8 Å². The van der Waals surface area contributed by atoms with Crippen molar-refractivity contribution in [3.8, 4) is 0 Å². The van der Waals surface area contributed by atoms with Crippen molar-refractivity contribution in [1.82, 2.24) is 4.90 Å². The molecule has 0 amide bonds. The van der Waals surface area contributed by atoms with Crippen molar-refractivity contribution in [3.05, 3.63) is 36.7 Å². The molecule has 1 unspecified atom stereocenters. The minimum atomic E-state index is 0.520. The summed E-state index contributed by atoms with van der Waals surface area (Å²) in [5, 5.41) is 0. The van der Waals surface area contributed by atoms with Crippen LogP contribution in [0.1, 0.15) is 34.6 Å². The molecule has 0 aliphatic carbocycles. The average molecular weight is 193 g/mol. The van der Waals surface area contributed by atoms with Crippen LogP contribution in [0, 0.1) is 5.92 Å². The summed E-state index contributed by atoms with van der Waals surface area (Å²) >= 11 is 0. The zero-order valence-corrected chi connectivity index (χ0v) is 10.1. The van der Waals surface area contributed by atoms with Crippen LogP contribution in [0.3, 0.4) is 0 Å². The number of hydrogen-bond acceptors (Lipinski definition) is 1. The Morgan fingerprint density at radius 2 is 1.86 bits per heavy atom. The molecule has 1 heteroatoms. The van der Waals surface area contributed by atoms with E-state index >= 15 is 0 Å². The fraction of sp³-hybridized carbons (Fsp3) is 0.538. The summed E-state index contributed by atoms with van der Waals surface area (Å²) in [4.78, 5) is 2.24. The topological polar surface area (TPSA) is 3.24 Å². The van der Waals surface area contributed by atoms with Crippen molar-refractivity contribution in [2.75, 3.05) is 0 Å². The third kappa shape index (κ3) is 3.82. The molecule has 1 aliphatic heterocycles. The molecule has 0 radical (unpaired) electrons. The van der Waals surface area contributed by atoms with Gasteiger partial charge in [-0.25, -0.2) is 0 Å². The molecule has 0 N–H and O–H groups in total. The molecule has 1 rings (SSSR count). The highest BCUT2D eigenvalue weighted by Gasteiger charge is 2.15. The standard InChI is InChI=1S/C11H17N.C2H6/c1-4-8-12-9-6-5-7-11(12)10(2)3;1-2/h4-11H,1-3H3;1-2H3/b8-4-;. The summed E-state index contributed by atoms with van der Waals surface area (Å²) in [5.74, 6) is 0.655. The van der Waals surface area contributed by atoms with Crippen LogP contribution in [-0.2, 0) is 0 Å². The lowest BCUT2D eigenvalue weighted by Crippen LogP contribution is -2.30. The highest BCUT2D eigenvalue weighted by atomic mass is 15.1. The summed E-state index contributed by atoms with van der Waals surface area (Å²) in [6.07, 6.45) is 12.7. The Morgan fingerprint density at radius 1 is 1.21 bits per heavy atom. The van der Waals surface area contributed by atoms with Crippen LogP contribution in [-0.4, -0.2) is 10.9 Å². The fourth-order valence-electron chi connectivity index (χ4n) is 1.41. The smallest absolute Gasteiger partial charge is 0.0536 e. The predicted molar refractivity (Wildman–Crippen MR) is 64.9 cm³/mol. The first-order chi connectivity index (χ1) is 6.75.